The summed E-state index contributed by atoms with van der Waals surface area (Å²) < 4.78 is 0. The lowest BCUT2D eigenvalue weighted by molar-refractivity contribution is 0.695. The lowest BCUT2D eigenvalue weighted by Gasteiger charge is -2.32. The summed E-state index contributed by atoms with van der Waals surface area (Å²) in [6.45, 7) is 8.95. The van der Waals surface area contributed by atoms with E-state index in [1.165, 1.54) is 29.8 Å². The van der Waals surface area contributed by atoms with Crippen LogP contribution in [0.1, 0.15) is 32.8 Å². The second-order valence-electron chi connectivity index (χ2n) is 4.71. The molecule has 0 radical (unpaired) electrons. The number of hydrogen-bond acceptors (Lipinski definition) is 2. The SMILES string of the molecule is CCN(c1cccc2c1CCCN2)C(C)C. The highest BCUT2D eigenvalue weighted by Crippen LogP contribution is 2.32. The molecule has 0 unspecified atom stereocenters. The molecular formula is C14H22N2. The molecule has 88 valence electrons. The van der Waals surface area contributed by atoms with E-state index in [1.807, 2.05) is 0 Å². The van der Waals surface area contributed by atoms with Gasteiger partial charge in [-0.15, -0.1) is 0 Å². The van der Waals surface area contributed by atoms with Crippen molar-refractivity contribution in [2.75, 3.05) is 23.3 Å². The number of nitrogens with zero attached hydrogens (tertiary/aromatic N) is 1. The van der Waals surface area contributed by atoms with E-state index < -0.39 is 0 Å². The van der Waals surface area contributed by atoms with Gasteiger partial charge < -0.3 is 10.2 Å². The molecule has 1 heterocycles. The molecule has 1 aliphatic rings. The van der Waals surface area contributed by atoms with E-state index in [0.717, 1.165) is 13.1 Å². The van der Waals surface area contributed by atoms with Gasteiger partial charge in [0, 0.05) is 30.5 Å². The van der Waals surface area contributed by atoms with Crippen LogP contribution in [0.5, 0.6) is 0 Å². The van der Waals surface area contributed by atoms with Gasteiger partial charge in [0.25, 0.3) is 0 Å². The number of nitrogens with one attached hydrogen (secondary N) is 1. The third-order valence-corrected chi connectivity index (χ3v) is 3.34. The molecule has 0 saturated carbocycles. The average Bonchev–Trinajstić information content (AvgIpc) is 2.30. The molecule has 1 aromatic rings. The van der Waals surface area contributed by atoms with Gasteiger partial charge in [0.1, 0.15) is 0 Å². The fraction of sp³-hybridized carbons (Fsp3) is 0.571. The number of hydrogen-bond donors (Lipinski definition) is 1. The van der Waals surface area contributed by atoms with Gasteiger partial charge in [-0.1, -0.05) is 6.07 Å². The summed E-state index contributed by atoms with van der Waals surface area (Å²) in [6, 6.07) is 7.19. The van der Waals surface area contributed by atoms with Gasteiger partial charge in [-0.25, -0.2) is 0 Å². The summed E-state index contributed by atoms with van der Waals surface area (Å²) in [7, 11) is 0. The summed E-state index contributed by atoms with van der Waals surface area (Å²) >= 11 is 0. The summed E-state index contributed by atoms with van der Waals surface area (Å²) in [6.07, 6.45) is 2.46. The van der Waals surface area contributed by atoms with Gasteiger partial charge in [0.2, 0.25) is 0 Å². The maximum absolute atomic E-state index is 3.49. The Bertz CT molecular complexity index is 358. The van der Waals surface area contributed by atoms with Gasteiger partial charge in [-0.05, 0) is 51.3 Å². The molecule has 0 bridgehead atoms. The monoisotopic (exact) mass is 218 g/mol. The van der Waals surface area contributed by atoms with Crippen LogP contribution < -0.4 is 10.2 Å². The number of fused-ring (bicyclic) bond motifs is 1. The van der Waals surface area contributed by atoms with Crippen LogP contribution >= 0.6 is 0 Å². The van der Waals surface area contributed by atoms with Gasteiger partial charge >= 0.3 is 0 Å². The Morgan fingerprint density at radius 2 is 2.19 bits per heavy atom. The van der Waals surface area contributed by atoms with Crippen molar-refractivity contribution in [3.05, 3.63) is 23.8 Å². The van der Waals surface area contributed by atoms with Crippen LogP contribution in [-0.4, -0.2) is 19.1 Å². The van der Waals surface area contributed by atoms with Crippen LogP contribution in [0.4, 0.5) is 11.4 Å². The van der Waals surface area contributed by atoms with Crippen LogP contribution in [0.3, 0.4) is 0 Å². The van der Waals surface area contributed by atoms with Gasteiger partial charge in [0.15, 0.2) is 0 Å². The third-order valence-electron chi connectivity index (χ3n) is 3.34. The van der Waals surface area contributed by atoms with E-state index in [9.17, 15) is 0 Å². The summed E-state index contributed by atoms with van der Waals surface area (Å²) in [4.78, 5) is 2.48. The van der Waals surface area contributed by atoms with Crippen molar-refractivity contribution in [3.63, 3.8) is 0 Å². The van der Waals surface area contributed by atoms with E-state index in [-0.39, 0.29) is 0 Å². The lowest BCUT2D eigenvalue weighted by atomic mass is 10.00. The molecule has 0 saturated heterocycles. The summed E-state index contributed by atoms with van der Waals surface area (Å²) in [5.74, 6) is 0. The fourth-order valence-corrected chi connectivity index (χ4v) is 2.57. The molecular weight excluding hydrogens is 196 g/mol. The maximum Gasteiger partial charge on any atom is 0.0421 e. The largest absolute Gasteiger partial charge is 0.385 e. The third kappa shape index (κ3) is 2.01. The zero-order chi connectivity index (χ0) is 11.5. The second kappa shape index (κ2) is 4.77. The molecule has 1 aromatic carbocycles. The Balaban J connectivity index is 2.39. The van der Waals surface area contributed by atoms with Crippen molar-refractivity contribution in [2.24, 2.45) is 0 Å². The first-order valence-corrected chi connectivity index (χ1v) is 6.36. The van der Waals surface area contributed by atoms with Gasteiger partial charge in [-0.2, -0.15) is 0 Å². The zero-order valence-corrected chi connectivity index (χ0v) is 10.6. The fourth-order valence-electron chi connectivity index (χ4n) is 2.57. The Kier molecular flexibility index (Phi) is 3.37. The lowest BCUT2D eigenvalue weighted by Crippen LogP contribution is -2.32. The predicted molar refractivity (Wildman–Crippen MR) is 71.4 cm³/mol. The van der Waals surface area contributed by atoms with E-state index in [2.05, 4.69) is 49.2 Å². The molecule has 0 fully saturated rings. The molecule has 16 heavy (non-hydrogen) atoms. The van der Waals surface area contributed by atoms with Crippen molar-refractivity contribution >= 4 is 11.4 Å². The van der Waals surface area contributed by atoms with Crippen LogP contribution in [-0.2, 0) is 6.42 Å². The Labute approximate surface area is 98.7 Å². The van der Waals surface area contributed by atoms with E-state index >= 15 is 0 Å². The highest BCUT2D eigenvalue weighted by atomic mass is 15.1. The predicted octanol–water partition coefficient (Wildman–Crippen LogP) is 3.28. The van der Waals surface area contributed by atoms with Crippen molar-refractivity contribution in [2.45, 2.75) is 39.7 Å². The molecule has 2 heteroatoms. The molecule has 1 aliphatic heterocycles. The second-order valence-corrected chi connectivity index (χ2v) is 4.71. The van der Waals surface area contributed by atoms with E-state index in [0.29, 0.717) is 6.04 Å². The van der Waals surface area contributed by atoms with E-state index in [4.69, 9.17) is 0 Å². The highest BCUT2D eigenvalue weighted by molar-refractivity contribution is 5.68. The number of rotatable bonds is 3. The Morgan fingerprint density at radius 1 is 1.38 bits per heavy atom. The first-order valence-electron chi connectivity index (χ1n) is 6.36. The Morgan fingerprint density at radius 3 is 2.88 bits per heavy atom. The zero-order valence-electron chi connectivity index (χ0n) is 10.6. The average molecular weight is 218 g/mol. The molecule has 0 aliphatic carbocycles. The smallest absolute Gasteiger partial charge is 0.0421 e. The minimum Gasteiger partial charge on any atom is -0.385 e. The van der Waals surface area contributed by atoms with Crippen molar-refractivity contribution in [1.82, 2.24) is 0 Å². The maximum atomic E-state index is 3.49. The molecule has 2 nitrogen and oxygen atoms in total. The first-order chi connectivity index (χ1) is 7.74. The van der Waals surface area contributed by atoms with Crippen molar-refractivity contribution in [1.29, 1.82) is 0 Å². The minimum atomic E-state index is 0.568. The molecule has 0 aromatic heterocycles. The normalized spacial score (nSPS) is 14.5. The summed E-state index contributed by atoms with van der Waals surface area (Å²) in [5.41, 5.74) is 4.26. The van der Waals surface area contributed by atoms with E-state index in [1.54, 1.807) is 0 Å². The standard InChI is InChI=1S/C14H22N2/c1-4-16(11(2)3)14-9-5-8-13-12(14)7-6-10-15-13/h5,8-9,11,15H,4,6-7,10H2,1-3H3. The van der Waals surface area contributed by atoms with Crippen LogP contribution in [0, 0.1) is 0 Å². The highest BCUT2D eigenvalue weighted by Gasteiger charge is 2.17. The van der Waals surface area contributed by atoms with Gasteiger partial charge in [0.05, 0.1) is 0 Å². The first kappa shape index (κ1) is 11.3. The van der Waals surface area contributed by atoms with Crippen LogP contribution in [0.2, 0.25) is 0 Å². The molecule has 1 N–H and O–H groups in total. The molecule has 2 rings (SSSR count). The molecule has 0 amide bonds. The number of anilines is 2. The Hall–Kier alpha value is -1.18. The number of benzene rings is 1. The van der Waals surface area contributed by atoms with Gasteiger partial charge in [-0.3, -0.25) is 0 Å². The van der Waals surface area contributed by atoms with Crippen molar-refractivity contribution in [3.8, 4) is 0 Å². The van der Waals surface area contributed by atoms with Crippen LogP contribution in [0.25, 0.3) is 0 Å². The summed E-state index contributed by atoms with van der Waals surface area (Å²) in [5, 5.41) is 3.49. The molecule has 0 spiro atoms. The van der Waals surface area contributed by atoms with Crippen molar-refractivity contribution < 1.29 is 0 Å². The topological polar surface area (TPSA) is 15.3 Å². The minimum absolute atomic E-state index is 0.568. The molecule has 0 atom stereocenters. The quantitative estimate of drug-likeness (QED) is 0.837. The van der Waals surface area contributed by atoms with Crippen LogP contribution in [0.15, 0.2) is 18.2 Å².